The predicted molar refractivity (Wildman–Crippen MR) is 117 cm³/mol. The number of aryl methyl sites for hydroxylation is 1. The van der Waals surface area contributed by atoms with Crippen molar-refractivity contribution in [1.29, 1.82) is 0 Å². The highest BCUT2D eigenvalue weighted by molar-refractivity contribution is 5.84. The third kappa shape index (κ3) is 4.47. The van der Waals surface area contributed by atoms with Gasteiger partial charge in [-0.2, -0.15) is 0 Å². The third-order valence-electron chi connectivity index (χ3n) is 6.12. The molecule has 1 atom stereocenters. The highest BCUT2D eigenvalue weighted by Crippen LogP contribution is 2.24. The van der Waals surface area contributed by atoms with Crippen LogP contribution in [0.4, 0.5) is 0 Å². The monoisotopic (exact) mass is 393 g/mol. The summed E-state index contributed by atoms with van der Waals surface area (Å²) in [7, 11) is 1.71. The van der Waals surface area contributed by atoms with Crippen molar-refractivity contribution < 1.29 is 9.84 Å². The van der Waals surface area contributed by atoms with E-state index in [0.29, 0.717) is 6.04 Å². The Balaban J connectivity index is 1.45. The molecule has 5 heteroatoms. The minimum absolute atomic E-state index is 0.221. The van der Waals surface area contributed by atoms with Crippen LogP contribution < -0.4 is 4.74 Å². The quantitative estimate of drug-likeness (QED) is 0.645. The fourth-order valence-corrected chi connectivity index (χ4v) is 4.46. The van der Waals surface area contributed by atoms with Crippen LogP contribution in [0.3, 0.4) is 0 Å². The first-order valence-electron chi connectivity index (χ1n) is 10.4. The van der Waals surface area contributed by atoms with Gasteiger partial charge in [-0.3, -0.25) is 9.80 Å². The van der Waals surface area contributed by atoms with Crippen LogP contribution >= 0.6 is 0 Å². The fraction of sp³-hybridized carbons (Fsp3) is 0.417. The number of benzene rings is 2. The highest BCUT2D eigenvalue weighted by Gasteiger charge is 2.27. The molecule has 4 rings (SSSR count). The second-order valence-electron chi connectivity index (χ2n) is 8.00. The van der Waals surface area contributed by atoms with E-state index in [-0.39, 0.29) is 6.61 Å². The van der Waals surface area contributed by atoms with Gasteiger partial charge < -0.3 is 14.8 Å². The number of rotatable bonds is 7. The maximum Gasteiger partial charge on any atom is 0.119 e. The molecule has 0 radical (unpaired) electrons. The Morgan fingerprint density at radius 1 is 1.10 bits per heavy atom. The Kier molecular flexibility index (Phi) is 6.19. The molecule has 2 heterocycles. The van der Waals surface area contributed by atoms with Crippen molar-refractivity contribution in [3.8, 4) is 5.75 Å². The number of para-hydroxylation sites is 1. The van der Waals surface area contributed by atoms with E-state index in [2.05, 4.69) is 58.1 Å². The third-order valence-corrected chi connectivity index (χ3v) is 6.12. The second kappa shape index (κ2) is 8.99. The molecule has 29 heavy (non-hydrogen) atoms. The first-order chi connectivity index (χ1) is 14.2. The molecule has 1 aromatic heterocycles. The molecule has 154 valence electrons. The molecule has 3 aromatic rings. The molecule has 0 aliphatic carbocycles. The number of methoxy groups -OCH3 is 1. The molecular weight excluding hydrogens is 362 g/mol. The van der Waals surface area contributed by atoms with E-state index < -0.39 is 0 Å². The van der Waals surface area contributed by atoms with Crippen LogP contribution in [0, 0.1) is 6.92 Å². The van der Waals surface area contributed by atoms with Crippen LogP contribution in [0.5, 0.6) is 5.75 Å². The molecule has 1 saturated heterocycles. The molecule has 0 unspecified atom stereocenters. The zero-order valence-corrected chi connectivity index (χ0v) is 17.4. The number of fused-ring (bicyclic) bond motifs is 1. The number of hydrogen-bond acceptors (Lipinski definition) is 4. The van der Waals surface area contributed by atoms with Gasteiger partial charge in [-0.1, -0.05) is 30.3 Å². The minimum atomic E-state index is 0.221. The van der Waals surface area contributed by atoms with E-state index in [0.717, 1.165) is 44.9 Å². The van der Waals surface area contributed by atoms with Gasteiger partial charge in [0.1, 0.15) is 5.75 Å². The largest absolute Gasteiger partial charge is 0.497 e. The Morgan fingerprint density at radius 3 is 2.76 bits per heavy atom. The lowest BCUT2D eigenvalue weighted by atomic mass is 10.1. The van der Waals surface area contributed by atoms with E-state index in [9.17, 15) is 5.11 Å². The number of nitrogens with one attached hydrogen (secondary N) is 1. The number of piperazine rings is 1. The zero-order chi connectivity index (χ0) is 20.2. The molecule has 1 aliphatic rings. The Bertz CT molecular complexity index is 952. The van der Waals surface area contributed by atoms with Crippen LogP contribution in [0.1, 0.15) is 23.2 Å². The van der Waals surface area contributed by atoms with Gasteiger partial charge >= 0.3 is 0 Å². The van der Waals surface area contributed by atoms with Crippen LogP contribution in [0.2, 0.25) is 0 Å². The van der Waals surface area contributed by atoms with Gasteiger partial charge in [0.25, 0.3) is 0 Å². The van der Waals surface area contributed by atoms with Crippen LogP contribution in [0.25, 0.3) is 10.9 Å². The summed E-state index contributed by atoms with van der Waals surface area (Å²) in [5.74, 6) is 0.897. The average Bonchev–Trinajstić information content (AvgIpc) is 3.06. The lowest BCUT2D eigenvalue weighted by Crippen LogP contribution is -2.52. The van der Waals surface area contributed by atoms with Gasteiger partial charge in [-0.25, -0.2) is 0 Å². The number of aromatic amines is 1. The summed E-state index contributed by atoms with van der Waals surface area (Å²) in [5, 5.41) is 10.9. The number of hydrogen-bond donors (Lipinski definition) is 2. The summed E-state index contributed by atoms with van der Waals surface area (Å²) >= 11 is 0. The van der Waals surface area contributed by atoms with Crippen molar-refractivity contribution in [1.82, 2.24) is 14.8 Å². The topological polar surface area (TPSA) is 51.7 Å². The number of H-pyrrole nitrogens is 1. The molecule has 1 fully saturated rings. The number of aliphatic hydroxyl groups excluding tert-OH is 1. The van der Waals surface area contributed by atoms with Crippen molar-refractivity contribution in [2.75, 3.05) is 33.4 Å². The van der Waals surface area contributed by atoms with Crippen LogP contribution in [-0.4, -0.2) is 59.3 Å². The molecule has 0 amide bonds. The lowest BCUT2D eigenvalue weighted by molar-refractivity contribution is 0.0494. The maximum absolute atomic E-state index is 9.63. The average molecular weight is 394 g/mol. The van der Waals surface area contributed by atoms with Crippen molar-refractivity contribution in [3.05, 3.63) is 65.4 Å². The standard InChI is InChI=1S/C24H31N3O2/c1-18-22-8-3-4-9-23(22)25-24(18)17-26-11-12-27(20(16-26)10-13-28)15-19-6-5-7-21(14-19)29-2/h3-9,14,20,25,28H,10-13,15-17H2,1-2H3/t20-/m1/s1. The number of aliphatic hydroxyl groups is 1. The Hall–Kier alpha value is -2.34. The van der Waals surface area contributed by atoms with Gasteiger partial charge in [0.05, 0.1) is 7.11 Å². The van der Waals surface area contributed by atoms with Gasteiger partial charge in [-0.15, -0.1) is 0 Å². The summed E-state index contributed by atoms with van der Waals surface area (Å²) in [6, 6.07) is 17.1. The summed E-state index contributed by atoms with van der Waals surface area (Å²) in [6.07, 6.45) is 0.798. The van der Waals surface area contributed by atoms with Crippen molar-refractivity contribution in [3.63, 3.8) is 0 Å². The Labute approximate surface area is 172 Å². The molecule has 0 bridgehead atoms. The molecule has 2 N–H and O–H groups in total. The number of nitrogens with zero attached hydrogens (tertiary/aromatic N) is 2. The van der Waals surface area contributed by atoms with Crippen LogP contribution in [-0.2, 0) is 13.1 Å². The molecule has 0 saturated carbocycles. The van der Waals surface area contributed by atoms with Gasteiger partial charge in [0, 0.05) is 62.0 Å². The smallest absolute Gasteiger partial charge is 0.119 e. The maximum atomic E-state index is 9.63. The molecule has 5 nitrogen and oxygen atoms in total. The van der Waals surface area contributed by atoms with E-state index in [4.69, 9.17) is 4.74 Å². The SMILES string of the molecule is COc1cccc(CN2CCN(Cc3[nH]c4ccccc4c3C)C[C@H]2CCO)c1. The summed E-state index contributed by atoms with van der Waals surface area (Å²) in [6.45, 7) is 7.24. The first-order valence-corrected chi connectivity index (χ1v) is 10.4. The molecule has 0 spiro atoms. The second-order valence-corrected chi connectivity index (χ2v) is 8.00. The summed E-state index contributed by atoms with van der Waals surface area (Å²) < 4.78 is 5.37. The minimum Gasteiger partial charge on any atom is -0.497 e. The van der Waals surface area contributed by atoms with E-state index in [1.54, 1.807) is 7.11 Å². The van der Waals surface area contributed by atoms with Crippen LogP contribution in [0.15, 0.2) is 48.5 Å². The number of aromatic nitrogens is 1. The molecule has 2 aromatic carbocycles. The van der Waals surface area contributed by atoms with E-state index in [1.807, 2.05) is 12.1 Å². The van der Waals surface area contributed by atoms with Crippen molar-refractivity contribution >= 4 is 10.9 Å². The van der Waals surface area contributed by atoms with E-state index >= 15 is 0 Å². The van der Waals surface area contributed by atoms with Gasteiger partial charge in [0.2, 0.25) is 0 Å². The Morgan fingerprint density at radius 2 is 1.97 bits per heavy atom. The summed E-state index contributed by atoms with van der Waals surface area (Å²) in [5.41, 5.74) is 5.11. The number of ether oxygens (including phenoxy) is 1. The van der Waals surface area contributed by atoms with Gasteiger partial charge in [-0.05, 0) is 42.7 Å². The molecular formula is C24H31N3O2. The van der Waals surface area contributed by atoms with E-state index in [1.165, 1.54) is 27.7 Å². The van der Waals surface area contributed by atoms with Gasteiger partial charge in [0.15, 0.2) is 0 Å². The molecule has 1 aliphatic heterocycles. The van der Waals surface area contributed by atoms with Crippen molar-refractivity contribution in [2.24, 2.45) is 0 Å². The fourth-order valence-electron chi connectivity index (χ4n) is 4.46. The highest BCUT2D eigenvalue weighted by atomic mass is 16.5. The van der Waals surface area contributed by atoms with Crippen molar-refractivity contribution in [2.45, 2.75) is 32.5 Å². The normalized spacial score (nSPS) is 18.4. The summed E-state index contributed by atoms with van der Waals surface area (Å²) in [4.78, 5) is 8.62. The first kappa shape index (κ1) is 20.0. The predicted octanol–water partition coefficient (Wildman–Crippen LogP) is 3.55. The lowest BCUT2D eigenvalue weighted by Gasteiger charge is -2.41. The zero-order valence-electron chi connectivity index (χ0n) is 17.4.